The number of rotatable bonds is 39. The van der Waals surface area contributed by atoms with Gasteiger partial charge >= 0.3 is 138 Å². The lowest BCUT2D eigenvalue weighted by atomic mass is 10.1. The summed E-state index contributed by atoms with van der Waals surface area (Å²) in [5, 5.41) is 0. The van der Waals surface area contributed by atoms with Crippen LogP contribution in [-0.4, -0.2) is 230 Å². The number of halogens is 29. The Morgan fingerprint density at radius 3 is 0.664 bits per heavy atom. The van der Waals surface area contributed by atoms with Crippen molar-refractivity contribution in [1.82, 2.24) is 0 Å². The molecule has 0 saturated heterocycles. The molecule has 0 aliphatic carbocycles. The zero-order chi connectivity index (χ0) is 88.0. The van der Waals surface area contributed by atoms with Crippen molar-refractivity contribution in [3.05, 3.63) is 74.4 Å². The van der Waals surface area contributed by atoms with E-state index in [0.717, 1.165) is 18.2 Å². The molecule has 0 unspecified atom stereocenters. The molecule has 0 aromatic heterocycles. The van der Waals surface area contributed by atoms with Crippen LogP contribution >= 0.6 is 0 Å². The van der Waals surface area contributed by atoms with Gasteiger partial charge in [-0.1, -0.05) is 39.5 Å². The van der Waals surface area contributed by atoms with E-state index >= 15 is 0 Å². The quantitative estimate of drug-likeness (QED) is 0.0181. The summed E-state index contributed by atoms with van der Waals surface area (Å²) in [6.07, 6.45) is -36.8. The lowest BCUT2D eigenvalue weighted by Crippen LogP contribution is -2.45. The molecule has 0 atom stereocenters. The van der Waals surface area contributed by atoms with Crippen LogP contribution in [0.1, 0.15) is 52.9 Å². The molecule has 24 nitrogen and oxygen atoms in total. The predicted molar refractivity (Wildman–Crippen MR) is 300 cm³/mol. The Labute approximate surface area is 598 Å². The molecule has 0 aliphatic rings. The van der Waals surface area contributed by atoms with Gasteiger partial charge in [-0.05, 0) is 20.8 Å². The summed E-state index contributed by atoms with van der Waals surface area (Å²) in [7, 11) is 0. The normalized spacial score (nSPS) is 11.7. The van der Waals surface area contributed by atoms with Crippen molar-refractivity contribution in [3.63, 3.8) is 0 Å². The van der Waals surface area contributed by atoms with Gasteiger partial charge in [-0.25, -0.2) is 92.7 Å². The van der Waals surface area contributed by atoms with Gasteiger partial charge in [0.05, 0.1) is 19.3 Å². The second-order valence-electron chi connectivity index (χ2n) is 19.3. The second-order valence-corrected chi connectivity index (χ2v) is 19.3. The highest BCUT2D eigenvalue weighted by atomic mass is 19.4. The number of ether oxygens (including phenoxy) is 12. The number of alkyl halides is 29. The SMILES string of the molecule is C=C(C)C(=O)OCCOC(=O)C(F)(F)CC(F)(F)C(F)F.C=C(C)C(=O)OCCOC(=O)C(F)(F)CC(F)(F)F.C=C(C)C(=O)OCCOC(=O)C(F)(F)CC(F)F.C=CC(=O)OCCOC(=O)C(F)(F)C(F)(F)F.C=CC(=O)OCCOC(=O)C(F)(F)CC(F)(F)F.C=CC(=O)OCCOC(=O)C(F)(F)CC(F)F. The first-order valence-electron chi connectivity index (χ1n) is 28.1. The highest BCUT2D eigenvalue weighted by Gasteiger charge is 2.65. The molecule has 0 aliphatic heterocycles. The Kier molecular flexibility index (Phi) is 51.9. The van der Waals surface area contributed by atoms with E-state index in [9.17, 15) is 185 Å². The molecule has 0 rings (SSSR count). The maximum Gasteiger partial charge on any atom is 0.465 e. The molecule has 0 spiro atoms. The average Bonchev–Trinajstić information content (AvgIpc) is 0.822. The summed E-state index contributed by atoms with van der Waals surface area (Å²) >= 11 is 0. The molecular weight excluding hydrogens is 1620 g/mol. The van der Waals surface area contributed by atoms with Crippen molar-refractivity contribution < 1.29 is 242 Å². The topological polar surface area (TPSA) is 316 Å². The molecule has 0 saturated carbocycles. The molecule has 0 aromatic carbocycles. The molecule has 0 bridgehead atoms. The van der Waals surface area contributed by atoms with Gasteiger partial charge in [-0.2, -0.15) is 92.2 Å². The highest BCUT2D eigenvalue weighted by Crippen LogP contribution is 2.38. The van der Waals surface area contributed by atoms with Crippen molar-refractivity contribution in [1.29, 1.82) is 0 Å². The van der Waals surface area contributed by atoms with Crippen molar-refractivity contribution in [2.75, 3.05) is 79.3 Å². The fraction of sp³-hybridized carbons (Fsp3) is 0.579. The van der Waals surface area contributed by atoms with Crippen LogP contribution in [0.25, 0.3) is 0 Å². The van der Waals surface area contributed by atoms with Crippen LogP contribution in [0.5, 0.6) is 0 Å². The second kappa shape index (κ2) is 51.4. The fourth-order valence-electron chi connectivity index (χ4n) is 4.56. The minimum absolute atomic E-state index is 0.00299. The smallest absolute Gasteiger partial charge is 0.459 e. The van der Waals surface area contributed by atoms with Crippen molar-refractivity contribution in [2.45, 2.75) is 132 Å². The summed E-state index contributed by atoms with van der Waals surface area (Å²) < 4.78 is 401. The van der Waals surface area contributed by atoms with Crippen molar-refractivity contribution >= 4 is 71.6 Å². The van der Waals surface area contributed by atoms with Gasteiger partial charge in [0.25, 0.3) is 0 Å². The number of hydrogen-bond acceptors (Lipinski definition) is 24. The third kappa shape index (κ3) is 55.5. The monoisotopic (exact) mass is 1680 g/mol. The van der Waals surface area contributed by atoms with Gasteiger partial charge < -0.3 is 56.8 Å². The molecule has 0 heterocycles. The van der Waals surface area contributed by atoms with Gasteiger partial charge in [-0.3, -0.25) is 0 Å². The van der Waals surface area contributed by atoms with Crippen LogP contribution in [-0.2, 0) is 114 Å². The van der Waals surface area contributed by atoms with E-state index in [1.165, 1.54) is 20.8 Å². The Bertz CT molecular complexity index is 3040. The van der Waals surface area contributed by atoms with Crippen LogP contribution in [0.15, 0.2) is 74.4 Å². The van der Waals surface area contributed by atoms with Crippen LogP contribution < -0.4 is 0 Å². The largest absolute Gasteiger partial charge is 0.465 e. The first-order valence-corrected chi connectivity index (χ1v) is 28.1. The number of esters is 12. The maximum atomic E-state index is 13.0. The molecular formula is C57H61F29O24. The highest BCUT2D eigenvalue weighted by molar-refractivity contribution is 5.88. The zero-order valence-corrected chi connectivity index (χ0v) is 56.0. The summed E-state index contributed by atoms with van der Waals surface area (Å²) in [6.45, 7) is 14.9. The van der Waals surface area contributed by atoms with E-state index in [2.05, 4.69) is 96.3 Å². The summed E-state index contributed by atoms with van der Waals surface area (Å²) in [4.78, 5) is 128. The zero-order valence-electron chi connectivity index (χ0n) is 56.0. The number of carbonyl (C=O) groups is 12. The van der Waals surface area contributed by atoms with Crippen LogP contribution in [0.2, 0.25) is 0 Å². The molecule has 53 heteroatoms. The molecule has 0 aromatic rings. The fourth-order valence-corrected chi connectivity index (χ4v) is 4.56. The maximum absolute atomic E-state index is 13.0. The first-order chi connectivity index (χ1) is 49.5. The van der Waals surface area contributed by atoms with E-state index in [1.807, 2.05) is 0 Å². The Morgan fingerprint density at radius 2 is 0.482 bits per heavy atom. The molecule has 0 amide bonds. The van der Waals surface area contributed by atoms with Gasteiger partial charge in [0.15, 0.2) is 0 Å². The molecule has 0 radical (unpaired) electrons. The predicted octanol–water partition coefficient (Wildman–Crippen LogP) is 11.6. The van der Waals surface area contributed by atoms with E-state index in [-0.39, 0.29) is 16.7 Å². The Balaban J connectivity index is -0.000000295. The van der Waals surface area contributed by atoms with Crippen LogP contribution in [0, 0.1) is 0 Å². The van der Waals surface area contributed by atoms with Crippen molar-refractivity contribution in [3.8, 4) is 0 Å². The van der Waals surface area contributed by atoms with E-state index < -0.39 is 262 Å². The third-order valence-electron chi connectivity index (χ3n) is 9.43. The standard InChI is InChI=1S/C11H12F6O4.C10H11F5O4.C10H12F4O4.C9H9F5O4.C9H10F4O4.C8H7F5O4/c1-6(2)7(18)20-3-4-21-9(19)11(16,17)5-10(14,15)8(12)13;1-6(2)7(16)18-3-4-19-8(17)9(11,12)5-10(13,14)15;1-6(2)8(15)17-3-4-18-9(16)10(13,14)5-7(11)12;1-2-6(15)17-3-4-18-7(16)8(10,11)5-9(12,13)14;1-2-7(14)16-3-4-17-8(15)9(12,13)5-6(10)11;1-2-5(14)16-3-4-17-6(15)7(9,10)8(11,12)13/h8H,1,3-5H2,2H3;1,3-5H2,2H3;7H,1,3-5H2,2H3;2H,1,3-5H2;2,6H,1,3-5H2;2H,1,3-4H2. The van der Waals surface area contributed by atoms with E-state index in [0.29, 0.717) is 0 Å². The third-order valence-corrected chi connectivity index (χ3v) is 9.43. The van der Waals surface area contributed by atoms with Gasteiger partial charge in [-0.15, -0.1) is 0 Å². The summed E-state index contributed by atoms with van der Waals surface area (Å²) in [5.41, 5.74) is 0.126. The summed E-state index contributed by atoms with van der Waals surface area (Å²) in [5.74, 6) is -52.3. The van der Waals surface area contributed by atoms with Crippen LogP contribution in [0.3, 0.4) is 0 Å². The minimum atomic E-state index is -6.03. The van der Waals surface area contributed by atoms with Crippen molar-refractivity contribution in [2.24, 2.45) is 0 Å². The molecule has 0 N–H and O–H groups in total. The lowest BCUT2D eigenvalue weighted by Gasteiger charge is -2.21. The van der Waals surface area contributed by atoms with Crippen LogP contribution in [0.4, 0.5) is 127 Å². The molecule has 110 heavy (non-hydrogen) atoms. The Hall–Kier alpha value is -9.95. The van der Waals surface area contributed by atoms with Gasteiger partial charge in [0.1, 0.15) is 92.1 Å². The van der Waals surface area contributed by atoms with E-state index in [1.54, 1.807) is 0 Å². The summed E-state index contributed by atoms with van der Waals surface area (Å²) in [6, 6.07) is 0. The average molecular weight is 1680 g/mol. The molecule has 636 valence electrons. The number of hydrogen-bond donors (Lipinski definition) is 0. The minimum Gasteiger partial charge on any atom is -0.459 e. The van der Waals surface area contributed by atoms with E-state index in [4.69, 9.17) is 0 Å². The number of carbonyl (C=O) groups excluding carboxylic acids is 12. The lowest BCUT2D eigenvalue weighted by molar-refractivity contribution is -0.280. The van der Waals surface area contributed by atoms with Gasteiger partial charge in [0, 0.05) is 34.9 Å². The Morgan fingerprint density at radius 1 is 0.291 bits per heavy atom. The molecule has 0 fully saturated rings. The van der Waals surface area contributed by atoms with Gasteiger partial charge in [0.2, 0.25) is 12.9 Å². The first kappa shape index (κ1) is 111.